The van der Waals surface area contributed by atoms with Crippen molar-refractivity contribution in [1.29, 1.82) is 0 Å². The molecule has 142 valence electrons. The predicted octanol–water partition coefficient (Wildman–Crippen LogP) is 1.59. The van der Waals surface area contributed by atoms with Gasteiger partial charge in [0.15, 0.2) is 0 Å². The van der Waals surface area contributed by atoms with Crippen molar-refractivity contribution in [3.05, 3.63) is 59.2 Å². The maximum absolute atomic E-state index is 13.2. The van der Waals surface area contributed by atoms with E-state index in [2.05, 4.69) is 0 Å². The molecule has 1 atom stereocenters. The largest absolute Gasteiger partial charge is 0.497 e. The number of carbonyl (C=O) groups excluding carboxylic acids is 2. The molecular weight excluding hydrogens is 348 g/mol. The van der Waals surface area contributed by atoms with Crippen molar-refractivity contribution in [2.24, 2.45) is 0 Å². The molecule has 2 aromatic rings. The Labute approximate surface area is 157 Å². The molecule has 1 heterocycles. The zero-order valence-electron chi connectivity index (χ0n) is 15.7. The second-order valence-electron chi connectivity index (χ2n) is 6.50. The highest BCUT2D eigenvalue weighted by molar-refractivity contribution is 6.07. The average molecular weight is 370 g/mol. The molecule has 0 fully saturated rings. The van der Waals surface area contributed by atoms with Gasteiger partial charge in [0.25, 0.3) is 17.5 Å². The predicted molar refractivity (Wildman–Crippen MR) is 98.5 cm³/mol. The lowest BCUT2D eigenvalue weighted by Gasteiger charge is -2.35. The highest BCUT2D eigenvalue weighted by Crippen LogP contribution is 2.46. The van der Waals surface area contributed by atoms with Crippen molar-refractivity contribution in [2.75, 3.05) is 28.3 Å². The van der Waals surface area contributed by atoms with Crippen molar-refractivity contribution in [1.82, 2.24) is 9.80 Å². The monoisotopic (exact) mass is 370 g/mol. The lowest BCUT2D eigenvalue weighted by atomic mass is 9.98. The van der Waals surface area contributed by atoms with Crippen molar-refractivity contribution >= 4 is 11.8 Å². The Hall–Kier alpha value is -3.06. The minimum Gasteiger partial charge on any atom is -0.497 e. The Bertz CT molecular complexity index is 881. The first-order valence-electron chi connectivity index (χ1n) is 8.41. The number of fused-ring (bicyclic) bond motifs is 1. The first-order valence-corrected chi connectivity index (χ1v) is 8.41. The van der Waals surface area contributed by atoms with Crippen LogP contribution in [0.25, 0.3) is 0 Å². The van der Waals surface area contributed by atoms with E-state index >= 15 is 0 Å². The van der Waals surface area contributed by atoms with Crippen LogP contribution in [0.3, 0.4) is 0 Å². The molecule has 0 aliphatic carbocycles. The van der Waals surface area contributed by atoms with Gasteiger partial charge in [0.2, 0.25) is 0 Å². The summed E-state index contributed by atoms with van der Waals surface area (Å²) in [5, 5.41) is 11.5. The summed E-state index contributed by atoms with van der Waals surface area (Å²) >= 11 is 0. The summed E-state index contributed by atoms with van der Waals surface area (Å²) in [6.45, 7) is 0.0654. The van der Waals surface area contributed by atoms with Crippen LogP contribution in [0.5, 0.6) is 11.5 Å². The fraction of sp³-hybridized carbons (Fsp3) is 0.300. The second kappa shape index (κ2) is 6.92. The molecule has 1 aliphatic rings. The van der Waals surface area contributed by atoms with Crippen LogP contribution in [-0.4, -0.2) is 55.0 Å². The van der Waals surface area contributed by atoms with E-state index in [-0.39, 0.29) is 23.4 Å². The molecular formula is C20H22N2O5. The Kier molecular flexibility index (Phi) is 4.80. The first-order chi connectivity index (χ1) is 12.8. The van der Waals surface area contributed by atoms with Crippen molar-refractivity contribution in [2.45, 2.75) is 12.3 Å². The molecule has 0 spiro atoms. The highest BCUT2D eigenvalue weighted by Gasteiger charge is 2.56. The number of rotatable bonds is 5. The molecule has 3 rings (SSSR count). The zero-order chi connectivity index (χ0) is 19.8. The molecule has 1 N–H and O–H groups in total. The van der Waals surface area contributed by atoms with Gasteiger partial charge in [0.1, 0.15) is 11.5 Å². The minimum atomic E-state index is -2.18. The standard InChI is InChI=1S/C20H22N2O5/c1-21(2)19(24)20(25)17-15(10-14(26-3)11-16(17)27-4)18(23)22(20)12-13-8-6-5-7-9-13/h5-11,25H,12H2,1-4H3/t20-/m1/s1. The zero-order valence-corrected chi connectivity index (χ0v) is 15.7. The van der Waals surface area contributed by atoms with E-state index in [9.17, 15) is 14.7 Å². The van der Waals surface area contributed by atoms with Crippen LogP contribution < -0.4 is 9.47 Å². The number of methoxy groups -OCH3 is 2. The van der Waals surface area contributed by atoms with Crippen LogP contribution in [0.1, 0.15) is 21.5 Å². The van der Waals surface area contributed by atoms with Gasteiger partial charge in [-0.05, 0) is 11.6 Å². The fourth-order valence-electron chi connectivity index (χ4n) is 3.31. The molecule has 0 radical (unpaired) electrons. The van der Waals surface area contributed by atoms with Gasteiger partial charge in [-0.25, -0.2) is 0 Å². The Morgan fingerprint density at radius 2 is 1.81 bits per heavy atom. The van der Waals surface area contributed by atoms with Crippen LogP contribution in [0.15, 0.2) is 42.5 Å². The second-order valence-corrected chi connectivity index (χ2v) is 6.50. The van der Waals surface area contributed by atoms with Crippen molar-refractivity contribution in [3.63, 3.8) is 0 Å². The lowest BCUT2D eigenvalue weighted by molar-refractivity contribution is -0.168. The van der Waals surface area contributed by atoms with Gasteiger partial charge in [-0.1, -0.05) is 30.3 Å². The van der Waals surface area contributed by atoms with E-state index in [1.165, 1.54) is 39.3 Å². The van der Waals surface area contributed by atoms with Crippen molar-refractivity contribution in [3.8, 4) is 11.5 Å². The van der Waals surface area contributed by atoms with E-state index in [1.54, 1.807) is 6.07 Å². The van der Waals surface area contributed by atoms with Gasteiger partial charge in [0.05, 0.1) is 25.3 Å². The van der Waals surface area contributed by atoms with Crippen molar-refractivity contribution < 1.29 is 24.2 Å². The summed E-state index contributed by atoms with van der Waals surface area (Å²) in [6.07, 6.45) is 0. The van der Waals surface area contributed by atoms with E-state index < -0.39 is 17.5 Å². The maximum Gasteiger partial charge on any atom is 0.280 e. The molecule has 27 heavy (non-hydrogen) atoms. The normalized spacial score (nSPS) is 18.3. The summed E-state index contributed by atoms with van der Waals surface area (Å²) < 4.78 is 10.6. The number of hydrogen-bond donors (Lipinski definition) is 1. The van der Waals surface area contributed by atoms with E-state index in [0.29, 0.717) is 5.75 Å². The molecule has 0 saturated carbocycles. The van der Waals surface area contributed by atoms with Crippen LogP contribution >= 0.6 is 0 Å². The van der Waals surface area contributed by atoms with Gasteiger partial charge in [-0.2, -0.15) is 0 Å². The van der Waals surface area contributed by atoms with Crippen LogP contribution in [0, 0.1) is 0 Å². The lowest BCUT2D eigenvalue weighted by Crippen LogP contribution is -2.53. The van der Waals surface area contributed by atoms with Gasteiger partial charge in [-0.15, -0.1) is 0 Å². The summed E-state index contributed by atoms with van der Waals surface area (Å²) in [6, 6.07) is 12.2. The van der Waals surface area contributed by atoms with Gasteiger partial charge >= 0.3 is 0 Å². The highest BCUT2D eigenvalue weighted by atomic mass is 16.5. The van der Waals surface area contributed by atoms with E-state index in [0.717, 1.165) is 10.5 Å². The number of amides is 2. The third-order valence-electron chi connectivity index (χ3n) is 4.63. The van der Waals surface area contributed by atoms with Crippen LogP contribution in [0.4, 0.5) is 0 Å². The Morgan fingerprint density at radius 1 is 1.15 bits per heavy atom. The molecule has 0 unspecified atom stereocenters. The third kappa shape index (κ3) is 2.90. The number of nitrogens with zero attached hydrogens (tertiary/aromatic N) is 2. The molecule has 0 bridgehead atoms. The quantitative estimate of drug-likeness (QED) is 0.865. The molecule has 7 nitrogen and oxygen atoms in total. The maximum atomic E-state index is 13.2. The Balaban J connectivity index is 2.22. The first kappa shape index (κ1) is 18.7. The average Bonchev–Trinajstić information content (AvgIpc) is 2.90. The number of likely N-dealkylation sites (N-methyl/N-ethyl adjacent to an activating group) is 1. The van der Waals surface area contributed by atoms with E-state index in [1.807, 2.05) is 30.3 Å². The summed E-state index contributed by atoms with van der Waals surface area (Å²) in [7, 11) is 5.94. The fourth-order valence-corrected chi connectivity index (χ4v) is 3.31. The van der Waals surface area contributed by atoms with Gasteiger partial charge in [-0.3, -0.25) is 14.5 Å². The SMILES string of the molecule is COc1cc(OC)c2c(c1)C(=O)N(Cc1ccccc1)[C@]2(O)C(=O)N(C)C. The van der Waals surface area contributed by atoms with Gasteiger partial charge in [0, 0.05) is 26.7 Å². The molecule has 0 saturated heterocycles. The molecule has 2 aromatic carbocycles. The Morgan fingerprint density at radius 3 is 2.37 bits per heavy atom. The minimum absolute atomic E-state index is 0.0654. The van der Waals surface area contributed by atoms with Crippen LogP contribution in [0.2, 0.25) is 0 Å². The molecule has 2 amide bonds. The van der Waals surface area contributed by atoms with E-state index in [4.69, 9.17) is 9.47 Å². The molecule has 0 aromatic heterocycles. The number of carbonyl (C=O) groups is 2. The summed E-state index contributed by atoms with van der Waals surface area (Å²) in [5.41, 5.74) is -1.08. The number of aliphatic hydroxyl groups is 1. The number of benzene rings is 2. The topological polar surface area (TPSA) is 79.3 Å². The molecule has 1 aliphatic heterocycles. The van der Waals surface area contributed by atoms with Crippen LogP contribution in [-0.2, 0) is 17.1 Å². The number of hydrogen-bond acceptors (Lipinski definition) is 5. The summed E-state index contributed by atoms with van der Waals surface area (Å²) in [5.74, 6) is -0.483. The summed E-state index contributed by atoms with van der Waals surface area (Å²) in [4.78, 5) is 28.6. The van der Waals surface area contributed by atoms with Gasteiger partial charge < -0.3 is 19.5 Å². The third-order valence-corrected chi connectivity index (χ3v) is 4.63. The smallest absolute Gasteiger partial charge is 0.280 e. The number of ether oxygens (including phenoxy) is 2. The molecule has 7 heteroatoms.